The number of ether oxygens (including phenoxy) is 1. The topological polar surface area (TPSA) is 70.6 Å². The second-order valence-corrected chi connectivity index (χ2v) is 7.01. The van der Waals surface area contributed by atoms with Crippen molar-refractivity contribution in [2.45, 2.75) is 26.7 Å². The molecule has 7 nitrogen and oxygen atoms in total. The van der Waals surface area contributed by atoms with Crippen molar-refractivity contribution < 1.29 is 9.53 Å². The lowest BCUT2D eigenvalue weighted by Crippen LogP contribution is -2.50. The molecule has 1 aliphatic rings. The number of carbonyl (C=O) groups is 1. The maximum absolute atomic E-state index is 12.5. The Morgan fingerprint density at radius 1 is 1.11 bits per heavy atom. The van der Waals surface area contributed by atoms with Crippen LogP contribution in [0.5, 0.6) is 5.75 Å². The highest BCUT2D eigenvalue weighted by Gasteiger charge is 2.22. The van der Waals surface area contributed by atoms with Crippen LogP contribution in [0.25, 0.3) is 0 Å². The van der Waals surface area contributed by atoms with Crippen LogP contribution in [0, 0.1) is 6.92 Å². The molecule has 0 unspecified atom stereocenters. The van der Waals surface area contributed by atoms with Gasteiger partial charge >= 0.3 is 6.03 Å². The molecule has 1 saturated heterocycles. The van der Waals surface area contributed by atoms with E-state index in [9.17, 15) is 4.79 Å². The van der Waals surface area contributed by atoms with E-state index in [-0.39, 0.29) is 6.03 Å². The van der Waals surface area contributed by atoms with E-state index in [1.165, 1.54) is 0 Å². The average molecular weight is 369 g/mol. The van der Waals surface area contributed by atoms with Crippen LogP contribution < -0.4 is 15.0 Å². The second kappa shape index (κ2) is 8.24. The molecule has 0 saturated carbocycles. The van der Waals surface area contributed by atoms with E-state index in [0.717, 1.165) is 41.9 Å². The lowest BCUT2D eigenvalue weighted by Gasteiger charge is -2.35. The first-order valence-electron chi connectivity index (χ1n) is 9.27. The molecule has 1 aromatic carbocycles. The Labute approximate surface area is 160 Å². The molecule has 0 spiro atoms. The predicted molar refractivity (Wildman–Crippen MR) is 107 cm³/mol. The third-order valence-corrected chi connectivity index (χ3v) is 4.61. The molecule has 0 bridgehead atoms. The molecule has 1 aromatic heterocycles. The molecule has 7 heteroatoms. The van der Waals surface area contributed by atoms with Gasteiger partial charge in [0.1, 0.15) is 17.4 Å². The molecular weight excluding hydrogens is 342 g/mol. The van der Waals surface area contributed by atoms with Gasteiger partial charge in [-0.15, -0.1) is 0 Å². The fourth-order valence-electron chi connectivity index (χ4n) is 3.01. The maximum Gasteiger partial charge on any atom is 0.321 e. The van der Waals surface area contributed by atoms with Gasteiger partial charge in [0.2, 0.25) is 0 Å². The molecule has 2 aromatic rings. The number of piperazine rings is 1. The zero-order chi connectivity index (χ0) is 19.4. The Balaban J connectivity index is 1.59. The summed E-state index contributed by atoms with van der Waals surface area (Å²) in [6.45, 7) is 9.01. The number of rotatable bonds is 4. The van der Waals surface area contributed by atoms with Crippen molar-refractivity contribution in [3.05, 3.63) is 41.9 Å². The van der Waals surface area contributed by atoms with Crippen LogP contribution >= 0.6 is 0 Å². The van der Waals surface area contributed by atoms with Crippen molar-refractivity contribution >= 4 is 17.5 Å². The summed E-state index contributed by atoms with van der Waals surface area (Å²) in [6.07, 6.45) is 0. The Morgan fingerprint density at radius 3 is 2.37 bits per heavy atom. The molecule has 1 aliphatic heterocycles. The smallest absolute Gasteiger partial charge is 0.321 e. The van der Waals surface area contributed by atoms with Crippen molar-refractivity contribution in [3.63, 3.8) is 0 Å². The van der Waals surface area contributed by atoms with Gasteiger partial charge < -0.3 is 19.9 Å². The van der Waals surface area contributed by atoms with Crippen molar-refractivity contribution in [1.82, 2.24) is 14.9 Å². The van der Waals surface area contributed by atoms with E-state index in [2.05, 4.69) is 29.0 Å². The number of benzene rings is 1. The molecule has 1 fully saturated rings. The first-order chi connectivity index (χ1) is 13.0. The summed E-state index contributed by atoms with van der Waals surface area (Å²) in [5, 5.41) is 2.94. The quantitative estimate of drug-likeness (QED) is 0.896. The van der Waals surface area contributed by atoms with E-state index in [1.54, 1.807) is 7.11 Å². The van der Waals surface area contributed by atoms with Crippen LogP contribution in [0.3, 0.4) is 0 Å². The van der Waals surface area contributed by atoms with Crippen molar-refractivity contribution in [2.24, 2.45) is 0 Å². The number of aromatic nitrogens is 2. The van der Waals surface area contributed by atoms with Gasteiger partial charge in [0.25, 0.3) is 0 Å². The highest BCUT2D eigenvalue weighted by molar-refractivity contribution is 5.89. The summed E-state index contributed by atoms with van der Waals surface area (Å²) in [7, 11) is 1.62. The Hall–Kier alpha value is -2.83. The summed E-state index contributed by atoms with van der Waals surface area (Å²) in [4.78, 5) is 25.8. The molecule has 0 atom stereocenters. The zero-order valence-corrected chi connectivity index (χ0v) is 16.4. The minimum absolute atomic E-state index is 0.0819. The van der Waals surface area contributed by atoms with E-state index in [4.69, 9.17) is 9.72 Å². The SMILES string of the molecule is COc1ccc(NC(=O)N2CCN(c3cc(C)nc(C(C)C)n3)CC2)cc1. The number of anilines is 2. The largest absolute Gasteiger partial charge is 0.497 e. The first-order valence-corrected chi connectivity index (χ1v) is 9.27. The molecular formula is C20H27N5O2. The van der Waals surface area contributed by atoms with Gasteiger partial charge in [-0.05, 0) is 31.2 Å². The van der Waals surface area contributed by atoms with E-state index in [0.29, 0.717) is 19.0 Å². The van der Waals surface area contributed by atoms with Crippen LogP contribution in [0.1, 0.15) is 31.3 Å². The fraction of sp³-hybridized carbons (Fsp3) is 0.450. The van der Waals surface area contributed by atoms with E-state index >= 15 is 0 Å². The monoisotopic (exact) mass is 369 g/mol. The van der Waals surface area contributed by atoms with E-state index in [1.807, 2.05) is 42.2 Å². The Morgan fingerprint density at radius 2 is 1.78 bits per heavy atom. The average Bonchev–Trinajstić information content (AvgIpc) is 2.68. The third-order valence-electron chi connectivity index (χ3n) is 4.61. The molecule has 27 heavy (non-hydrogen) atoms. The van der Waals surface area contributed by atoms with Crippen LogP contribution in [-0.4, -0.2) is 54.2 Å². The third kappa shape index (κ3) is 4.67. The number of amides is 2. The Kier molecular flexibility index (Phi) is 5.78. The van der Waals surface area contributed by atoms with Crippen molar-refractivity contribution in [2.75, 3.05) is 43.5 Å². The van der Waals surface area contributed by atoms with Gasteiger partial charge in [0.15, 0.2) is 0 Å². The highest BCUT2D eigenvalue weighted by atomic mass is 16.5. The van der Waals surface area contributed by atoms with E-state index < -0.39 is 0 Å². The van der Waals surface area contributed by atoms with Gasteiger partial charge in [0.05, 0.1) is 7.11 Å². The maximum atomic E-state index is 12.5. The van der Waals surface area contributed by atoms with Crippen molar-refractivity contribution in [1.29, 1.82) is 0 Å². The molecule has 2 amide bonds. The van der Waals surface area contributed by atoms with Gasteiger partial charge in [-0.25, -0.2) is 14.8 Å². The normalized spacial score (nSPS) is 14.4. The fourth-order valence-corrected chi connectivity index (χ4v) is 3.01. The van der Waals surface area contributed by atoms with Gasteiger partial charge in [-0.2, -0.15) is 0 Å². The van der Waals surface area contributed by atoms with Gasteiger partial charge in [0, 0.05) is 49.5 Å². The minimum atomic E-state index is -0.0819. The number of aryl methyl sites for hydroxylation is 1. The predicted octanol–water partition coefficient (Wildman–Crippen LogP) is 3.27. The number of nitrogens with one attached hydrogen (secondary N) is 1. The number of methoxy groups -OCH3 is 1. The number of nitrogens with zero attached hydrogens (tertiary/aromatic N) is 4. The van der Waals surface area contributed by atoms with Crippen LogP contribution in [0.15, 0.2) is 30.3 Å². The number of carbonyl (C=O) groups excluding carboxylic acids is 1. The molecule has 3 rings (SSSR count). The number of hydrogen-bond donors (Lipinski definition) is 1. The van der Waals surface area contributed by atoms with Crippen LogP contribution in [0.2, 0.25) is 0 Å². The second-order valence-electron chi connectivity index (χ2n) is 7.01. The molecule has 144 valence electrons. The summed E-state index contributed by atoms with van der Waals surface area (Å²) in [6, 6.07) is 9.27. The zero-order valence-electron chi connectivity index (χ0n) is 16.4. The molecule has 0 radical (unpaired) electrons. The summed E-state index contributed by atoms with van der Waals surface area (Å²) >= 11 is 0. The van der Waals surface area contributed by atoms with Crippen LogP contribution in [-0.2, 0) is 0 Å². The van der Waals surface area contributed by atoms with Crippen molar-refractivity contribution in [3.8, 4) is 5.75 Å². The summed E-state index contributed by atoms with van der Waals surface area (Å²) in [5.41, 5.74) is 1.74. The molecule has 2 heterocycles. The summed E-state index contributed by atoms with van der Waals surface area (Å²) in [5.74, 6) is 2.87. The number of urea groups is 1. The molecule has 1 N–H and O–H groups in total. The molecule has 0 aliphatic carbocycles. The Bertz CT molecular complexity index is 783. The van der Waals surface area contributed by atoms with Crippen LogP contribution in [0.4, 0.5) is 16.3 Å². The lowest BCUT2D eigenvalue weighted by molar-refractivity contribution is 0.208. The van der Waals surface area contributed by atoms with Gasteiger partial charge in [-0.3, -0.25) is 0 Å². The number of hydrogen-bond acceptors (Lipinski definition) is 5. The van der Waals surface area contributed by atoms with Gasteiger partial charge in [-0.1, -0.05) is 13.8 Å². The first kappa shape index (κ1) is 18.9. The minimum Gasteiger partial charge on any atom is -0.497 e. The standard InChI is InChI=1S/C20H27N5O2/c1-14(2)19-21-15(3)13-18(23-19)24-9-11-25(12-10-24)20(26)22-16-5-7-17(27-4)8-6-16/h5-8,13-14H,9-12H2,1-4H3,(H,22,26). The lowest BCUT2D eigenvalue weighted by atomic mass is 10.2. The summed E-state index contributed by atoms with van der Waals surface area (Å²) < 4.78 is 5.14. The highest BCUT2D eigenvalue weighted by Crippen LogP contribution is 2.20.